The van der Waals surface area contributed by atoms with Crippen LogP contribution in [0.1, 0.15) is 13.3 Å². The molecule has 0 aliphatic heterocycles. The number of carbonyl (C=O) groups excluding carboxylic acids is 1. The Labute approximate surface area is 89.8 Å². The number of likely N-dealkylation sites (N-methyl/N-ethyl adjacent to an activating group) is 2. The molecule has 5 nitrogen and oxygen atoms in total. The van der Waals surface area contributed by atoms with Gasteiger partial charge in [-0.2, -0.15) is 0 Å². The van der Waals surface area contributed by atoms with Crippen molar-refractivity contribution in [1.82, 2.24) is 10.2 Å². The zero-order valence-corrected chi connectivity index (χ0v) is 9.41. The average Bonchev–Trinajstić information content (AvgIpc) is 2.17. The molecule has 15 heavy (non-hydrogen) atoms. The summed E-state index contributed by atoms with van der Waals surface area (Å²) in [6.07, 6.45) is 2.12. The van der Waals surface area contributed by atoms with E-state index in [1.54, 1.807) is 32.0 Å². The fourth-order valence-electron chi connectivity index (χ4n) is 1.04. The number of hydrogen-bond acceptors (Lipinski definition) is 3. The summed E-state index contributed by atoms with van der Waals surface area (Å²) in [7, 11) is 3.33. The minimum atomic E-state index is -0.897. The van der Waals surface area contributed by atoms with Crippen molar-refractivity contribution in [3.8, 4) is 0 Å². The van der Waals surface area contributed by atoms with Gasteiger partial charge in [-0.3, -0.25) is 9.69 Å². The van der Waals surface area contributed by atoms with Gasteiger partial charge < -0.3 is 10.4 Å². The lowest BCUT2D eigenvalue weighted by Gasteiger charge is -2.13. The first-order valence-electron chi connectivity index (χ1n) is 4.82. The van der Waals surface area contributed by atoms with Crippen LogP contribution in [-0.2, 0) is 9.59 Å². The number of nitrogens with zero attached hydrogens (tertiary/aromatic N) is 1. The van der Waals surface area contributed by atoms with Crippen molar-refractivity contribution in [2.45, 2.75) is 13.3 Å². The van der Waals surface area contributed by atoms with Gasteiger partial charge in [0.25, 0.3) is 0 Å². The Kier molecular flexibility index (Phi) is 6.37. The molecule has 0 bridgehead atoms. The molecule has 0 heterocycles. The van der Waals surface area contributed by atoms with Gasteiger partial charge in [0.15, 0.2) is 0 Å². The number of carboxylic acids is 1. The third-order valence-corrected chi connectivity index (χ3v) is 2.00. The minimum absolute atomic E-state index is 0.0840. The molecule has 0 rings (SSSR count). The summed E-state index contributed by atoms with van der Waals surface area (Å²) in [5, 5.41) is 11.3. The van der Waals surface area contributed by atoms with Gasteiger partial charge >= 0.3 is 5.97 Å². The first kappa shape index (κ1) is 13.6. The van der Waals surface area contributed by atoms with Gasteiger partial charge in [-0.15, -0.1) is 0 Å². The van der Waals surface area contributed by atoms with Gasteiger partial charge in [-0.1, -0.05) is 13.0 Å². The first-order valence-corrected chi connectivity index (χ1v) is 4.82. The van der Waals surface area contributed by atoms with Gasteiger partial charge in [0.1, 0.15) is 0 Å². The van der Waals surface area contributed by atoms with Crippen LogP contribution in [0.2, 0.25) is 0 Å². The number of aliphatic carboxylic acids is 1. The van der Waals surface area contributed by atoms with Gasteiger partial charge in [0.2, 0.25) is 5.91 Å². The Morgan fingerprint density at radius 1 is 1.47 bits per heavy atom. The molecular formula is C10H18N2O3. The Bertz CT molecular complexity index is 261. The van der Waals surface area contributed by atoms with Crippen LogP contribution in [0.3, 0.4) is 0 Å². The molecule has 0 atom stereocenters. The van der Waals surface area contributed by atoms with Gasteiger partial charge in [-0.05, 0) is 13.5 Å². The van der Waals surface area contributed by atoms with Crippen LogP contribution in [0.15, 0.2) is 11.6 Å². The van der Waals surface area contributed by atoms with Gasteiger partial charge in [0.05, 0.1) is 6.54 Å². The van der Waals surface area contributed by atoms with Crippen molar-refractivity contribution in [3.05, 3.63) is 11.6 Å². The van der Waals surface area contributed by atoms with Gasteiger partial charge in [0, 0.05) is 19.2 Å². The van der Waals surface area contributed by atoms with Crippen LogP contribution in [0.4, 0.5) is 0 Å². The lowest BCUT2D eigenvalue weighted by molar-refractivity contribution is -0.132. The number of amides is 1. The minimum Gasteiger partial charge on any atom is -0.478 e. The molecule has 0 aromatic carbocycles. The van der Waals surface area contributed by atoms with Crippen molar-refractivity contribution in [1.29, 1.82) is 0 Å². The van der Waals surface area contributed by atoms with Crippen LogP contribution in [0, 0.1) is 0 Å². The lowest BCUT2D eigenvalue weighted by atomic mass is 10.2. The molecule has 86 valence electrons. The highest BCUT2D eigenvalue weighted by Gasteiger charge is 2.06. The van der Waals surface area contributed by atoms with Crippen LogP contribution in [0.25, 0.3) is 0 Å². The second kappa shape index (κ2) is 7.00. The Balaban J connectivity index is 4.12. The first-order chi connectivity index (χ1) is 7.01. The molecule has 2 N–H and O–H groups in total. The molecule has 0 fully saturated rings. The Morgan fingerprint density at radius 3 is 2.47 bits per heavy atom. The fourth-order valence-corrected chi connectivity index (χ4v) is 1.04. The fraction of sp³-hybridized carbons (Fsp3) is 0.600. The zero-order valence-electron chi connectivity index (χ0n) is 9.41. The van der Waals surface area contributed by atoms with Crippen molar-refractivity contribution < 1.29 is 14.7 Å². The predicted molar refractivity (Wildman–Crippen MR) is 57.6 cm³/mol. The van der Waals surface area contributed by atoms with E-state index in [2.05, 4.69) is 5.32 Å². The standard InChI is InChI=1S/C10H18N2O3/c1-4-8(10(14)15)5-6-12(3)7-9(13)11-2/h5H,4,6-7H2,1-3H3,(H,11,13)(H,14,15). The highest BCUT2D eigenvalue weighted by molar-refractivity contribution is 5.86. The molecule has 0 aromatic heterocycles. The lowest BCUT2D eigenvalue weighted by Crippen LogP contribution is -2.33. The molecule has 0 aliphatic carbocycles. The van der Waals surface area contributed by atoms with E-state index in [0.29, 0.717) is 18.5 Å². The van der Waals surface area contributed by atoms with Crippen LogP contribution in [0.5, 0.6) is 0 Å². The zero-order chi connectivity index (χ0) is 11.8. The maximum Gasteiger partial charge on any atom is 0.331 e. The summed E-state index contributed by atoms with van der Waals surface area (Å²) in [4.78, 5) is 23.4. The van der Waals surface area contributed by atoms with E-state index in [1.165, 1.54) is 0 Å². The quantitative estimate of drug-likeness (QED) is 0.615. The third-order valence-electron chi connectivity index (χ3n) is 2.00. The van der Waals surface area contributed by atoms with E-state index in [-0.39, 0.29) is 12.5 Å². The third kappa shape index (κ3) is 5.85. The second-order valence-electron chi connectivity index (χ2n) is 3.26. The SMILES string of the molecule is CCC(=CCN(C)CC(=O)NC)C(=O)O. The molecule has 0 aliphatic rings. The number of rotatable bonds is 6. The van der Waals surface area contributed by atoms with Crippen molar-refractivity contribution in [3.63, 3.8) is 0 Å². The van der Waals surface area contributed by atoms with Crippen molar-refractivity contribution >= 4 is 11.9 Å². The topological polar surface area (TPSA) is 69.6 Å². The predicted octanol–water partition coefficient (Wildman–Crippen LogP) is 0.0852. The Hall–Kier alpha value is -1.36. The summed E-state index contributed by atoms with van der Waals surface area (Å²) in [6.45, 7) is 2.52. The molecule has 5 heteroatoms. The van der Waals surface area contributed by atoms with E-state index in [1.807, 2.05) is 0 Å². The number of carboxylic acid groups (broad SMARTS) is 1. The number of hydrogen-bond donors (Lipinski definition) is 2. The summed E-state index contributed by atoms with van der Waals surface area (Å²) < 4.78 is 0. The monoisotopic (exact) mass is 214 g/mol. The molecule has 0 radical (unpaired) electrons. The molecule has 0 aromatic rings. The molecule has 0 saturated carbocycles. The largest absolute Gasteiger partial charge is 0.478 e. The molecular weight excluding hydrogens is 196 g/mol. The maximum absolute atomic E-state index is 11.0. The van der Waals surface area contributed by atoms with Crippen LogP contribution >= 0.6 is 0 Å². The van der Waals surface area contributed by atoms with Crippen molar-refractivity contribution in [2.24, 2.45) is 0 Å². The van der Waals surface area contributed by atoms with E-state index in [9.17, 15) is 9.59 Å². The highest BCUT2D eigenvalue weighted by atomic mass is 16.4. The summed E-state index contributed by atoms with van der Waals surface area (Å²) in [5.41, 5.74) is 0.374. The van der Waals surface area contributed by atoms with E-state index in [0.717, 1.165) is 0 Å². The van der Waals surface area contributed by atoms with E-state index >= 15 is 0 Å². The van der Waals surface area contributed by atoms with E-state index < -0.39 is 5.97 Å². The highest BCUT2D eigenvalue weighted by Crippen LogP contribution is 2.00. The number of carbonyl (C=O) groups is 2. The Morgan fingerprint density at radius 2 is 2.07 bits per heavy atom. The molecule has 0 saturated heterocycles. The maximum atomic E-state index is 11.0. The van der Waals surface area contributed by atoms with E-state index in [4.69, 9.17) is 5.11 Å². The molecule has 0 spiro atoms. The molecule has 0 unspecified atom stereocenters. The summed E-state index contributed by atoms with van der Waals surface area (Å²) in [5.74, 6) is -0.981. The normalized spacial score (nSPS) is 11.6. The van der Waals surface area contributed by atoms with Crippen LogP contribution in [-0.4, -0.2) is 49.1 Å². The smallest absolute Gasteiger partial charge is 0.331 e. The van der Waals surface area contributed by atoms with Crippen molar-refractivity contribution in [2.75, 3.05) is 27.2 Å². The molecule has 1 amide bonds. The number of nitrogens with one attached hydrogen (secondary N) is 1. The summed E-state index contributed by atoms with van der Waals surface area (Å²) >= 11 is 0. The average molecular weight is 214 g/mol. The summed E-state index contributed by atoms with van der Waals surface area (Å²) in [6, 6.07) is 0. The van der Waals surface area contributed by atoms with Crippen LogP contribution < -0.4 is 5.32 Å². The van der Waals surface area contributed by atoms with Gasteiger partial charge in [-0.25, -0.2) is 4.79 Å². The second-order valence-corrected chi connectivity index (χ2v) is 3.26.